The van der Waals surface area contributed by atoms with E-state index in [1.165, 1.54) is 0 Å². The summed E-state index contributed by atoms with van der Waals surface area (Å²) in [4.78, 5) is 17.7. The van der Waals surface area contributed by atoms with Crippen LogP contribution in [0.1, 0.15) is 17.1 Å². The van der Waals surface area contributed by atoms with Gasteiger partial charge in [0.1, 0.15) is 0 Å². The van der Waals surface area contributed by atoms with Crippen LogP contribution in [0.25, 0.3) is 5.57 Å². The number of carbonyl (C=O) groups is 1. The molecule has 0 bridgehead atoms. The molecule has 4 nitrogen and oxygen atoms in total. The van der Waals surface area contributed by atoms with Crippen LogP contribution in [-0.2, 0) is 4.74 Å². The molecule has 0 saturated carbocycles. The van der Waals surface area contributed by atoms with Crippen molar-refractivity contribution in [3.63, 3.8) is 0 Å². The van der Waals surface area contributed by atoms with Crippen LogP contribution in [-0.4, -0.2) is 29.1 Å². The molecule has 1 amide bonds. The lowest BCUT2D eigenvalue weighted by Gasteiger charge is -2.25. The van der Waals surface area contributed by atoms with Gasteiger partial charge in [0.25, 0.3) is 0 Å². The van der Waals surface area contributed by atoms with Gasteiger partial charge in [-0.1, -0.05) is 12.7 Å². The number of amides is 1. The van der Waals surface area contributed by atoms with E-state index in [1.54, 1.807) is 16.2 Å². The van der Waals surface area contributed by atoms with Crippen LogP contribution in [0, 0.1) is 6.92 Å². The number of aryl methyl sites for hydroxylation is 1. The van der Waals surface area contributed by atoms with Crippen LogP contribution < -0.4 is 0 Å². The first-order valence-electron chi connectivity index (χ1n) is 5.38. The van der Waals surface area contributed by atoms with Crippen molar-refractivity contribution < 1.29 is 9.53 Å². The molecule has 2 rings (SSSR count). The zero-order chi connectivity index (χ0) is 12.3. The van der Waals surface area contributed by atoms with Crippen molar-refractivity contribution in [3.05, 3.63) is 35.0 Å². The summed E-state index contributed by atoms with van der Waals surface area (Å²) in [5.41, 5.74) is 2.05. The molecule has 0 aliphatic carbocycles. The smallest absolute Gasteiger partial charge is 0.414 e. The predicted molar refractivity (Wildman–Crippen MR) is 67.7 cm³/mol. The summed E-state index contributed by atoms with van der Waals surface area (Å²) in [6.45, 7) is 6.59. The first-order valence-corrected chi connectivity index (χ1v) is 6.26. The Bertz CT molecular complexity index is 465. The lowest BCUT2D eigenvalue weighted by Crippen LogP contribution is -2.35. The lowest BCUT2D eigenvalue weighted by atomic mass is 10.1. The Labute approximate surface area is 104 Å². The number of rotatable bonds is 2. The van der Waals surface area contributed by atoms with E-state index in [1.807, 2.05) is 12.3 Å². The summed E-state index contributed by atoms with van der Waals surface area (Å²) in [5, 5.41) is 3.05. The van der Waals surface area contributed by atoms with Crippen molar-refractivity contribution in [2.45, 2.75) is 13.3 Å². The maximum atomic E-state index is 11.6. The Balaban J connectivity index is 2.09. The van der Waals surface area contributed by atoms with Crippen molar-refractivity contribution in [2.24, 2.45) is 0 Å². The fourth-order valence-electron chi connectivity index (χ4n) is 1.74. The van der Waals surface area contributed by atoms with Crippen molar-refractivity contribution in [1.29, 1.82) is 0 Å². The minimum absolute atomic E-state index is 0.349. The Kier molecular flexibility index (Phi) is 3.58. The van der Waals surface area contributed by atoms with Gasteiger partial charge < -0.3 is 9.64 Å². The quantitative estimate of drug-likeness (QED) is 0.758. The molecule has 5 heteroatoms. The van der Waals surface area contributed by atoms with Gasteiger partial charge in [-0.05, 0) is 18.9 Å². The topological polar surface area (TPSA) is 42.4 Å². The average molecular weight is 250 g/mol. The second-order valence-corrected chi connectivity index (χ2v) is 4.80. The average Bonchev–Trinajstić information content (AvgIpc) is 2.76. The summed E-state index contributed by atoms with van der Waals surface area (Å²) < 4.78 is 4.78. The van der Waals surface area contributed by atoms with Gasteiger partial charge in [0.15, 0.2) is 0 Å². The van der Waals surface area contributed by atoms with Gasteiger partial charge in [-0.3, -0.25) is 0 Å². The maximum absolute atomic E-state index is 11.6. The van der Waals surface area contributed by atoms with Crippen LogP contribution in [0.15, 0.2) is 24.3 Å². The van der Waals surface area contributed by atoms with E-state index >= 15 is 0 Å². The van der Waals surface area contributed by atoms with Gasteiger partial charge in [0.2, 0.25) is 0 Å². The van der Waals surface area contributed by atoms with E-state index in [-0.39, 0.29) is 6.09 Å². The van der Waals surface area contributed by atoms with Gasteiger partial charge in [-0.15, -0.1) is 11.3 Å². The number of ether oxygens (including phenoxy) is 1. The summed E-state index contributed by atoms with van der Waals surface area (Å²) >= 11 is 1.62. The Morgan fingerprint density at radius 2 is 2.53 bits per heavy atom. The second-order valence-electron chi connectivity index (χ2n) is 3.74. The number of hydrogen-bond acceptors (Lipinski definition) is 4. The van der Waals surface area contributed by atoms with Gasteiger partial charge in [0, 0.05) is 11.9 Å². The van der Waals surface area contributed by atoms with Crippen LogP contribution in [0.5, 0.6) is 0 Å². The molecule has 17 heavy (non-hydrogen) atoms. The molecule has 1 aliphatic rings. The molecule has 0 radical (unpaired) electrons. The minimum Gasteiger partial charge on any atom is -0.419 e. The number of aromatic nitrogens is 1. The summed E-state index contributed by atoms with van der Waals surface area (Å²) in [5.74, 6) is 0. The molecule has 1 aromatic rings. The molecule has 0 N–H and O–H groups in total. The van der Waals surface area contributed by atoms with E-state index in [0.717, 1.165) is 29.0 Å². The molecular formula is C12H14N2O2S. The van der Waals surface area contributed by atoms with Crippen LogP contribution in [0.3, 0.4) is 0 Å². The Morgan fingerprint density at radius 3 is 3.18 bits per heavy atom. The standard InChI is InChI=1S/C12H14N2O2S/c1-3-16-12(15)14-6-4-5-10(7-14)11-8-17-9(2)13-11/h3,5,8H,1,4,6-7H2,2H3. The molecule has 1 aliphatic heterocycles. The van der Waals surface area contributed by atoms with E-state index in [9.17, 15) is 4.79 Å². The zero-order valence-electron chi connectivity index (χ0n) is 9.68. The van der Waals surface area contributed by atoms with Crippen LogP contribution in [0.4, 0.5) is 4.79 Å². The highest BCUT2D eigenvalue weighted by molar-refractivity contribution is 7.09. The Morgan fingerprint density at radius 1 is 1.71 bits per heavy atom. The highest BCUT2D eigenvalue weighted by Crippen LogP contribution is 2.22. The van der Waals surface area contributed by atoms with E-state index in [2.05, 4.69) is 17.6 Å². The SMILES string of the molecule is C=COC(=O)N1CCC=C(c2csc(C)n2)C1. The molecule has 1 aromatic heterocycles. The van der Waals surface area contributed by atoms with Gasteiger partial charge in [-0.25, -0.2) is 9.78 Å². The van der Waals surface area contributed by atoms with Crippen LogP contribution in [0.2, 0.25) is 0 Å². The summed E-state index contributed by atoms with van der Waals surface area (Å²) in [6.07, 6.45) is 3.77. The molecule has 0 spiro atoms. The second kappa shape index (κ2) is 5.14. The highest BCUT2D eigenvalue weighted by atomic mass is 32.1. The third kappa shape index (κ3) is 2.74. The largest absolute Gasteiger partial charge is 0.419 e. The third-order valence-corrected chi connectivity index (χ3v) is 3.31. The first kappa shape index (κ1) is 11.9. The zero-order valence-corrected chi connectivity index (χ0v) is 10.5. The van der Waals surface area contributed by atoms with E-state index < -0.39 is 0 Å². The highest BCUT2D eigenvalue weighted by Gasteiger charge is 2.20. The van der Waals surface area contributed by atoms with Crippen molar-refractivity contribution in [3.8, 4) is 0 Å². The normalized spacial score (nSPS) is 15.4. The molecule has 0 atom stereocenters. The fourth-order valence-corrected chi connectivity index (χ4v) is 2.38. The van der Waals surface area contributed by atoms with Gasteiger partial charge >= 0.3 is 6.09 Å². The van der Waals surface area contributed by atoms with E-state index in [4.69, 9.17) is 4.74 Å². The monoisotopic (exact) mass is 250 g/mol. The molecular weight excluding hydrogens is 236 g/mol. The lowest BCUT2D eigenvalue weighted by molar-refractivity contribution is 0.142. The maximum Gasteiger partial charge on any atom is 0.414 e. The summed E-state index contributed by atoms with van der Waals surface area (Å²) in [7, 11) is 0. The molecule has 0 fully saturated rings. The predicted octanol–water partition coefficient (Wildman–Crippen LogP) is 2.82. The minimum atomic E-state index is -0.349. The van der Waals surface area contributed by atoms with Crippen LogP contribution >= 0.6 is 11.3 Å². The number of nitrogens with zero attached hydrogens (tertiary/aromatic N) is 2. The van der Waals surface area contributed by atoms with Gasteiger partial charge in [0.05, 0.1) is 23.5 Å². The van der Waals surface area contributed by atoms with Crippen molar-refractivity contribution in [1.82, 2.24) is 9.88 Å². The number of carbonyl (C=O) groups excluding carboxylic acids is 1. The number of thiazole rings is 1. The number of hydrogen-bond donors (Lipinski definition) is 0. The van der Waals surface area contributed by atoms with E-state index in [0.29, 0.717) is 13.1 Å². The van der Waals surface area contributed by atoms with Gasteiger partial charge in [-0.2, -0.15) is 0 Å². The molecule has 0 aromatic carbocycles. The molecule has 0 saturated heterocycles. The Hall–Kier alpha value is -1.62. The first-order chi connectivity index (χ1) is 8.20. The summed E-state index contributed by atoms with van der Waals surface area (Å²) in [6, 6.07) is 0. The molecule has 0 unspecified atom stereocenters. The third-order valence-electron chi connectivity index (χ3n) is 2.54. The van der Waals surface area contributed by atoms with Crippen molar-refractivity contribution in [2.75, 3.05) is 13.1 Å². The van der Waals surface area contributed by atoms with Crippen molar-refractivity contribution >= 4 is 23.0 Å². The molecule has 90 valence electrons. The fraction of sp³-hybridized carbons (Fsp3) is 0.333. The molecule has 2 heterocycles.